The van der Waals surface area contributed by atoms with Crippen molar-refractivity contribution < 1.29 is 14.6 Å². The van der Waals surface area contributed by atoms with Crippen LogP contribution >= 0.6 is 0 Å². The highest BCUT2D eigenvalue weighted by Crippen LogP contribution is 2.29. The molecule has 0 aliphatic carbocycles. The molecule has 16 heavy (non-hydrogen) atoms. The lowest BCUT2D eigenvalue weighted by atomic mass is 9.98. The van der Waals surface area contributed by atoms with Crippen LogP contribution in [0.3, 0.4) is 0 Å². The van der Waals surface area contributed by atoms with Crippen LogP contribution in [0.2, 0.25) is 0 Å². The summed E-state index contributed by atoms with van der Waals surface area (Å²) in [5.74, 6) is 0. The highest BCUT2D eigenvalue weighted by molar-refractivity contribution is 5.69. The molecular formula is C11H22N2O3. The second-order valence-corrected chi connectivity index (χ2v) is 5.32. The Kier molecular flexibility index (Phi) is 3.80. The van der Waals surface area contributed by atoms with Crippen molar-refractivity contribution in [3.63, 3.8) is 0 Å². The smallest absolute Gasteiger partial charge is 0.410 e. The second kappa shape index (κ2) is 4.59. The van der Waals surface area contributed by atoms with Gasteiger partial charge in [-0.1, -0.05) is 0 Å². The van der Waals surface area contributed by atoms with Crippen molar-refractivity contribution in [2.45, 2.75) is 44.8 Å². The van der Waals surface area contributed by atoms with E-state index >= 15 is 0 Å². The van der Waals surface area contributed by atoms with E-state index in [0.29, 0.717) is 6.54 Å². The molecule has 0 radical (unpaired) electrons. The van der Waals surface area contributed by atoms with Crippen LogP contribution in [0.4, 0.5) is 4.79 Å². The number of nitrogens with two attached hydrogens (primary N) is 1. The van der Waals surface area contributed by atoms with E-state index in [1.165, 1.54) is 0 Å². The van der Waals surface area contributed by atoms with Crippen LogP contribution in [0.5, 0.6) is 0 Å². The summed E-state index contributed by atoms with van der Waals surface area (Å²) < 4.78 is 5.30. The first-order valence-electron chi connectivity index (χ1n) is 5.66. The van der Waals surface area contributed by atoms with Crippen LogP contribution in [0.15, 0.2) is 0 Å². The molecular weight excluding hydrogens is 208 g/mol. The standard InChI is InChI=1S/C11H22N2O3/c1-10(2,3)16-9(15)13-6-4-5-11(13,7-12)8-14/h14H,4-8,12H2,1-3H3. The van der Waals surface area contributed by atoms with Gasteiger partial charge in [0.15, 0.2) is 0 Å². The molecule has 0 saturated carbocycles. The predicted octanol–water partition coefficient (Wildman–Crippen LogP) is 0.707. The van der Waals surface area contributed by atoms with Crippen molar-refractivity contribution in [3.8, 4) is 0 Å². The maximum absolute atomic E-state index is 11.9. The molecule has 1 amide bonds. The van der Waals surface area contributed by atoms with Gasteiger partial charge in [0.2, 0.25) is 0 Å². The molecule has 1 fully saturated rings. The molecule has 0 aromatic heterocycles. The second-order valence-electron chi connectivity index (χ2n) is 5.32. The number of aliphatic hydroxyl groups excluding tert-OH is 1. The van der Waals surface area contributed by atoms with Gasteiger partial charge in [-0.3, -0.25) is 4.90 Å². The lowest BCUT2D eigenvalue weighted by Gasteiger charge is -2.36. The zero-order valence-corrected chi connectivity index (χ0v) is 10.3. The fourth-order valence-electron chi connectivity index (χ4n) is 1.98. The third kappa shape index (κ3) is 2.65. The quantitative estimate of drug-likeness (QED) is 0.732. The van der Waals surface area contributed by atoms with Gasteiger partial charge in [0, 0.05) is 13.1 Å². The van der Waals surface area contributed by atoms with Crippen LogP contribution < -0.4 is 5.73 Å². The number of aliphatic hydroxyl groups is 1. The van der Waals surface area contributed by atoms with Crippen LogP contribution in [0, 0.1) is 0 Å². The zero-order chi connectivity index (χ0) is 12.4. The van der Waals surface area contributed by atoms with E-state index in [1.807, 2.05) is 20.8 Å². The van der Waals surface area contributed by atoms with Crippen molar-refractivity contribution >= 4 is 6.09 Å². The number of hydrogen-bond acceptors (Lipinski definition) is 4. The third-order valence-electron chi connectivity index (χ3n) is 2.88. The minimum Gasteiger partial charge on any atom is -0.444 e. The van der Waals surface area contributed by atoms with Gasteiger partial charge < -0.3 is 15.6 Å². The molecule has 5 nitrogen and oxygen atoms in total. The molecule has 1 heterocycles. The highest BCUT2D eigenvalue weighted by Gasteiger charge is 2.43. The van der Waals surface area contributed by atoms with E-state index in [0.717, 1.165) is 12.8 Å². The lowest BCUT2D eigenvalue weighted by Crippen LogP contribution is -2.55. The van der Waals surface area contributed by atoms with Crippen LogP contribution in [0.1, 0.15) is 33.6 Å². The molecule has 1 rings (SSSR count). The number of amides is 1. The zero-order valence-electron chi connectivity index (χ0n) is 10.3. The minimum absolute atomic E-state index is 0.108. The molecule has 3 N–H and O–H groups in total. The van der Waals surface area contributed by atoms with Gasteiger partial charge in [0.1, 0.15) is 5.60 Å². The molecule has 1 aliphatic rings. The average Bonchev–Trinajstić information content (AvgIpc) is 2.59. The maximum Gasteiger partial charge on any atom is 0.410 e. The average molecular weight is 230 g/mol. The fourth-order valence-corrected chi connectivity index (χ4v) is 1.98. The van der Waals surface area contributed by atoms with E-state index in [2.05, 4.69) is 0 Å². The van der Waals surface area contributed by atoms with Crippen molar-refractivity contribution in [2.24, 2.45) is 5.73 Å². The number of likely N-dealkylation sites (tertiary alicyclic amines) is 1. The largest absolute Gasteiger partial charge is 0.444 e. The molecule has 94 valence electrons. The Labute approximate surface area is 96.6 Å². The number of ether oxygens (including phenoxy) is 1. The Morgan fingerprint density at radius 3 is 2.62 bits per heavy atom. The molecule has 1 saturated heterocycles. The van der Waals surface area contributed by atoms with E-state index < -0.39 is 11.1 Å². The molecule has 1 atom stereocenters. The van der Waals surface area contributed by atoms with E-state index in [4.69, 9.17) is 10.5 Å². The van der Waals surface area contributed by atoms with Crippen molar-refractivity contribution in [1.29, 1.82) is 0 Å². The fraction of sp³-hybridized carbons (Fsp3) is 0.909. The molecule has 0 bridgehead atoms. The number of carbonyl (C=O) groups is 1. The Morgan fingerprint density at radius 1 is 1.56 bits per heavy atom. The predicted molar refractivity (Wildman–Crippen MR) is 61.0 cm³/mol. The van der Waals surface area contributed by atoms with Gasteiger partial charge in [0.05, 0.1) is 12.1 Å². The van der Waals surface area contributed by atoms with Gasteiger partial charge in [-0.15, -0.1) is 0 Å². The summed E-state index contributed by atoms with van der Waals surface area (Å²) in [6.07, 6.45) is 1.21. The van der Waals surface area contributed by atoms with E-state index in [1.54, 1.807) is 4.90 Å². The summed E-state index contributed by atoms with van der Waals surface area (Å²) in [6, 6.07) is 0. The summed E-state index contributed by atoms with van der Waals surface area (Å²) in [7, 11) is 0. The van der Waals surface area contributed by atoms with E-state index in [9.17, 15) is 9.90 Å². The van der Waals surface area contributed by atoms with Crippen LogP contribution in [-0.2, 0) is 4.74 Å². The first-order chi connectivity index (χ1) is 7.34. The Bertz CT molecular complexity index is 256. The van der Waals surface area contributed by atoms with Gasteiger partial charge in [-0.25, -0.2) is 4.79 Å². The Balaban J connectivity index is 2.75. The number of nitrogens with zero attached hydrogens (tertiary/aromatic N) is 1. The number of hydrogen-bond donors (Lipinski definition) is 2. The summed E-state index contributed by atoms with van der Waals surface area (Å²) >= 11 is 0. The molecule has 0 aromatic rings. The number of carbonyl (C=O) groups excluding carboxylic acids is 1. The Morgan fingerprint density at radius 2 is 2.19 bits per heavy atom. The first-order valence-corrected chi connectivity index (χ1v) is 5.66. The summed E-state index contributed by atoms with van der Waals surface area (Å²) in [5.41, 5.74) is 4.52. The summed E-state index contributed by atoms with van der Waals surface area (Å²) in [5, 5.41) is 9.40. The van der Waals surface area contributed by atoms with Crippen molar-refractivity contribution in [1.82, 2.24) is 4.90 Å². The number of rotatable bonds is 2. The molecule has 5 heteroatoms. The summed E-state index contributed by atoms with van der Waals surface area (Å²) in [6.45, 7) is 6.23. The third-order valence-corrected chi connectivity index (χ3v) is 2.88. The highest BCUT2D eigenvalue weighted by atomic mass is 16.6. The Hall–Kier alpha value is -0.810. The van der Waals surface area contributed by atoms with Crippen LogP contribution in [-0.4, -0.2) is 46.9 Å². The lowest BCUT2D eigenvalue weighted by molar-refractivity contribution is -0.00242. The van der Waals surface area contributed by atoms with Gasteiger partial charge in [-0.05, 0) is 33.6 Å². The monoisotopic (exact) mass is 230 g/mol. The summed E-state index contributed by atoms with van der Waals surface area (Å²) in [4.78, 5) is 13.5. The van der Waals surface area contributed by atoms with Gasteiger partial charge in [-0.2, -0.15) is 0 Å². The normalized spacial score (nSPS) is 25.9. The van der Waals surface area contributed by atoms with Crippen molar-refractivity contribution in [3.05, 3.63) is 0 Å². The SMILES string of the molecule is CC(C)(C)OC(=O)N1CCCC1(CN)CO. The topological polar surface area (TPSA) is 75.8 Å². The molecule has 1 aliphatic heterocycles. The van der Waals surface area contributed by atoms with E-state index in [-0.39, 0.29) is 19.2 Å². The minimum atomic E-state index is -0.623. The molecule has 0 aromatic carbocycles. The van der Waals surface area contributed by atoms with Crippen molar-refractivity contribution in [2.75, 3.05) is 19.7 Å². The molecule has 0 spiro atoms. The van der Waals surface area contributed by atoms with Gasteiger partial charge in [0.25, 0.3) is 0 Å². The first kappa shape index (κ1) is 13.3. The van der Waals surface area contributed by atoms with Crippen LogP contribution in [0.25, 0.3) is 0 Å². The maximum atomic E-state index is 11.9. The molecule has 1 unspecified atom stereocenters. The van der Waals surface area contributed by atoms with Gasteiger partial charge >= 0.3 is 6.09 Å².